The van der Waals surface area contributed by atoms with Gasteiger partial charge in [0.05, 0.1) is 5.69 Å². The van der Waals surface area contributed by atoms with Crippen LogP contribution in [0.2, 0.25) is 5.15 Å². The van der Waals surface area contributed by atoms with Gasteiger partial charge in [-0.05, 0) is 18.6 Å². The number of aromatic nitrogens is 3. The summed E-state index contributed by atoms with van der Waals surface area (Å²) in [6.45, 7) is 1.79. The van der Waals surface area contributed by atoms with Crippen LogP contribution in [0.25, 0.3) is 5.65 Å². The molecule has 2 heterocycles. The molecular weight excluding hydrogens is 252 g/mol. The molecule has 16 heavy (non-hydrogen) atoms. The van der Waals surface area contributed by atoms with Crippen molar-refractivity contribution in [1.82, 2.24) is 14.6 Å². The fourth-order valence-electron chi connectivity index (χ4n) is 1.45. The van der Waals surface area contributed by atoms with E-state index >= 15 is 0 Å². The van der Waals surface area contributed by atoms with Crippen molar-refractivity contribution < 1.29 is 8.42 Å². The molecule has 86 valence electrons. The maximum Gasteiger partial charge on any atom is 0.257 e. The number of fused-ring (bicyclic) bond motifs is 1. The van der Waals surface area contributed by atoms with Gasteiger partial charge in [0.2, 0.25) is 0 Å². The number of sulfonamides is 1. The maximum absolute atomic E-state index is 11.4. The Hall–Kier alpha value is -1.18. The smallest absolute Gasteiger partial charge is 0.231 e. The van der Waals surface area contributed by atoms with Gasteiger partial charge in [0, 0.05) is 0 Å². The summed E-state index contributed by atoms with van der Waals surface area (Å²) in [5.41, 5.74) is 0.794. The third kappa shape index (κ3) is 1.77. The van der Waals surface area contributed by atoms with Crippen LogP contribution in [0.5, 0.6) is 0 Å². The lowest BCUT2D eigenvalue weighted by Gasteiger charge is -1.99. The van der Waals surface area contributed by atoms with Gasteiger partial charge in [0.15, 0.2) is 10.7 Å². The normalized spacial score (nSPS) is 12.2. The number of halogens is 1. The zero-order chi connectivity index (χ0) is 11.9. The van der Waals surface area contributed by atoms with Gasteiger partial charge < -0.3 is 0 Å². The third-order valence-corrected chi connectivity index (χ3v) is 3.22. The lowest BCUT2D eigenvalue weighted by atomic mass is 10.4. The van der Waals surface area contributed by atoms with Gasteiger partial charge >= 0.3 is 0 Å². The van der Waals surface area contributed by atoms with Crippen LogP contribution in [0, 0.1) is 0 Å². The molecule has 0 radical (unpaired) electrons. The lowest BCUT2D eigenvalue weighted by Crippen LogP contribution is -2.17. The fourth-order valence-corrected chi connectivity index (χ4v) is 2.48. The number of rotatable bonds is 2. The molecule has 2 aromatic rings. The maximum atomic E-state index is 11.4. The van der Waals surface area contributed by atoms with Gasteiger partial charge in [0.25, 0.3) is 10.0 Å². The molecule has 0 bridgehead atoms. The van der Waals surface area contributed by atoms with E-state index in [-0.39, 0.29) is 10.2 Å². The summed E-state index contributed by atoms with van der Waals surface area (Å²) in [6, 6.07) is 3.12. The minimum absolute atomic E-state index is 0.104. The molecule has 0 saturated carbocycles. The van der Waals surface area contributed by atoms with Gasteiger partial charge in [-0.1, -0.05) is 18.5 Å². The van der Waals surface area contributed by atoms with Gasteiger partial charge in [-0.2, -0.15) is 9.61 Å². The Morgan fingerprint density at radius 2 is 2.19 bits per heavy atom. The van der Waals surface area contributed by atoms with Crippen LogP contribution in [-0.4, -0.2) is 23.0 Å². The molecular formula is C8H9ClN4O2S. The first-order valence-corrected chi connectivity index (χ1v) is 6.43. The molecule has 0 aliphatic heterocycles. The van der Waals surface area contributed by atoms with Crippen LogP contribution in [0.1, 0.15) is 12.6 Å². The predicted octanol–water partition coefficient (Wildman–Crippen LogP) is 0.593. The van der Waals surface area contributed by atoms with Crippen molar-refractivity contribution in [3.8, 4) is 0 Å². The first kappa shape index (κ1) is 11.3. The van der Waals surface area contributed by atoms with Crippen LogP contribution < -0.4 is 5.14 Å². The molecule has 2 aromatic heterocycles. The number of hydrogen-bond donors (Lipinski definition) is 1. The van der Waals surface area contributed by atoms with E-state index in [4.69, 9.17) is 16.7 Å². The Labute approximate surface area is 97.1 Å². The quantitative estimate of drug-likeness (QED) is 0.856. The minimum atomic E-state index is -3.87. The zero-order valence-corrected chi connectivity index (χ0v) is 9.96. The van der Waals surface area contributed by atoms with Gasteiger partial charge in [0.1, 0.15) is 5.15 Å². The van der Waals surface area contributed by atoms with E-state index in [1.165, 1.54) is 6.07 Å². The monoisotopic (exact) mass is 260 g/mol. The van der Waals surface area contributed by atoms with E-state index in [1.54, 1.807) is 13.0 Å². The highest BCUT2D eigenvalue weighted by Gasteiger charge is 2.21. The van der Waals surface area contributed by atoms with Crippen molar-refractivity contribution >= 4 is 27.3 Å². The molecule has 0 unspecified atom stereocenters. The molecule has 8 heteroatoms. The van der Waals surface area contributed by atoms with E-state index in [9.17, 15) is 8.42 Å². The van der Waals surface area contributed by atoms with Crippen LogP contribution >= 0.6 is 11.6 Å². The number of primary sulfonamides is 1. The molecule has 0 spiro atoms. The van der Waals surface area contributed by atoms with E-state index in [0.717, 1.165) is 4.52 Å². The van der Waals surface area contributed by atoms with Crippen molar-refractivity contribution in [3.63, 3.8) is 0 Å². The summed E-state index contributed by atoms with van der Waals surface area (Å²) in [5.74, 6) is 0. The predicted molar refractivity (Wildman–Crippen MR) is 58.7 cm³/mol. The summed E-state index contributed by atoms with van der Waals surface area (Å²) in [7, 11) is -3.87. The lowest BCUT2D eigenvalue weighted by molar-refractivity contribution is 0.588. The SMILES string of the molecule is CCc1nc2ccc(Cl)nn2c1S(N)(=O)=O. The van der Waals surface area contributed by atoms with E-state index in [2.05, 4.69) is 10.1 Å². The molecule has 0 saturated heterocycles. The summed E-state index contributed by atoms with van der Waals surface area (Å²) < 4.78 is 24.0. The average Bonchev–Trinajstić information content (AvgIpc) is 2.54. The van der Waals surface area contributed by atoms with E-state index in [0.29, 0.717) is 17.8 Å². The molecule has 0 aliphatic rings. The highest BCUT2D eigenvalue weighted by Crippen LogP contribution is 2.17. The number of nitrogens with zero attached hydrogens (tertiary/aromatic N) is 3. The Balaban J connectivity index is 2.92. The van der Waals surface area contributed by atoms with Crippen molar-refractivity contribution in [2.45, 2.75) is 18.4 Å². The minimum Gasteiger partial charge on any atom is -0.231 e. The fraction of sp³-hybridized carbons (Fsp3) is 0.250. The largest absolute Gasteiger partial charge is 0.257 e. The van der Waals surface area contributed by atoms with Crippen molar-refractivity contribution in [2.24, 2.45) is 5.14 Å². The van der Waals surface area contributed by atoms with E-state index < -0.39 is 10.0 Å². The number of imidazole rings is 1. The molecule has 0 fully saturated rings. The molecule has 0 aliphatic carbocycles. The highest BCUT2D eigenvalue weighted by molar-refractivity contribution is 7.89. The average molecular weight is 261 g/mol. The Kier molecular flexibility index (Phi) is 2.61. The van der Waals surface area contributed by atoms with Crippen LogP contribution in [0.3, 0.4) is 0 Å². The van der Waals surface area contributed by atoms with E-state index in [1.807, 2.05) is 0 Å². The second kappa shape index (κ2) is 3.69. The Bertz CT molecular complexity index is 649. The third-order valence-electron chi connectivity index (χ3n) is 2.08. The van der Waals surface area contributed by atoms with Crippen molar-refractivity contribution in [2.75, 3.05) is 0 Å². The van der Waals surface area contributed by atoms with Gasteiger partial charge in [-0.25, -0.2) is 18.5 Å². The number of aryl methyl sites for hydroxylation is 1. The topological polar surface area (TPSA) is 90.3 Å². The van der Waals surface area contributed by atoms with Crippen LogP contribution in [0.15, 0.2) is 17.2 Å². The molecule has 0 atom stereocenters. The summed E-state index contributed by atoms with van der Waals surface area (Å²) in [6.07, 6.45) is 0.451. The number of hydrogen-bond acceptors (Lipinski definition) is 4. The second-order valence-electron chi connectivity index (χ2n) is 3.19. The molecule has 2 rings (SSSR count). The van der Waals surface area contributed by atoms with Gasteiger partial charge in [-0.3, -0.25) is 0 Å². The number of nitrogens with two attached hydrogens (primary N) is 1. The first-order valence-electron chi connectivity index (χ1n) is 4.50. The van der Waals surface area contributed by atoms with Crippen LogP contribution in [0.4, 0.5) is 0 Å². The van der Waals surface area contributed by atoms with Crippen molar-refractivity contribution in [3.05, 3.63) is 23.0 Å². The standard InChI is InChI=1S/C8H9ClN4O2S/c1-2-5-8(16(10,14)15)13-7(11-5)4-3-6(9)12-13/h3-4H,2H2,1H3,(H2,10,14,15). The summed E-state index contributed by atoms with van der Waals surface area (Å²) in [5, 5.41) is 9.07. The van der Waals surface area contributed by atoms with Crippen LogP contribution in [-0.2, 0) is 16.4 Å². The first-order chi connectivity index (χ1) is 7.43. The molecule has 2 N–H and O–H groups in total. The zero-order valence-electron chi connectivity index (χ0n) is 8.38. The molecule has 6 nitrogen and oxygen atoms in total. The Morgan fingerprint density at radius 1 is 1.50 bits per heavy atom. The molecule has 0 amide bonds. The summed E-state index contributed by atoms with van der Waals surface area (Å²) in [4.78, 5) is 4.12. The highest BCUT2D eigenvalue weighted by atomic mass is 35.5. The Morgan fingerprint density at radius 3 is 2.75 bits per heavy atom. The van der Waals surface area contributed by atoms with Crippen molar-refractivity contribution in [1.29, 1.82) is 0 Å². The second-order valence-corrected chi connectivity index (χ2v) is 5.05. The van der Waals surface area contributed by atoms with Gasteiger partial charge in [-0.15, -0.1) is 0 Å². The summed E-state index contributed by atoms with van der Waals surface area (Å²) >= 11 is 5.70. The molecule has 0 aromatic carbocycles.